The van der Waals surface area contributed by atoms with Crippen LogP contribution in [0.5, 0.6) is 5.75 Å². The van der Waals surface area contributed by atoms with E-state index in [-0.39, 0.29) is 23.4 Å². The summed E-state index contributed by atoms with van der Waals surface area (Å²) in [6.07, 6.45) is 1.49. The predicted octanol–water partition coefficient (Wildman–Crippen LogP) is 4.79. The molecule has 0 fully saturated rings. The van der Waals surface area contributed by atoms with Crippen molar-refractivity contribution in [2.45, 2.75) is 20.5 Å². The van der Waals surface area contributed by atoms with Crippen molar-refractivity contribution in [3.8, 4) is 5.75 Å². The number of halogens is 2. The molecule has 7 nitrogen and oxygen atoms in total. The van der Waals surface area contributed by atoms with E-state index in [9.17, 15) is 18.7 Å². The molecule has 4 aromatic rings. The molecule has 0 spiro atoms. The molecule has 2 N–H and O–H groups in total. The number of amides is 1. The smallest absolute Gasteiger partial charge is 0.261 e. The van der Waals surface area contributed by atoms with E-state index in [4.69, 9.17) is 9.15 Å². The lowest BCUT2D eigenvalue weighted by molar-refractivity contribution is 0.102. The van der Waals surface area contributed by atoms with Gasteiger partial charge in [-0.05, 0) is 44.2 Å². The number of hydrogen-bond donors (Lipinski definition) is 2. The molecule has 0 aliphatic rings. The van der Waals surface area contributed by atoms with Gasteiger partial charge in [0.05, 0.1) is 18.9 Å². The van der Waals surface area contributed by atoms with Crippen LogP contribution in [0.2, 0.25) is 0 Å². The number of anilines is 1. The number of fused-ring (bicyclic) bond motifs is 1. The molecule has 0 atom stereocenters. The first-order chi connectivity index (χ1) is 16.4. The first kappa shape index (κ1) is 23.1. The number of aliphatic hydroxyl groups is 1. The monoisotopic (exact) mass is 465 g/mol. The maximum absolute atomic E-state index is 13.7. The van der Waals surface area contributed by atoms with Crippen LogP contribution >= 0.6 is 0 Å². The molecular formula is C25H21F2N3O4. The number of para-hydroxylation sites is 2. The number of carbonyl (C=O) groups excluding carboxylic acids is 1. The van der Waals surface area contributed by atoms with Crippen LogP contribution in [0, 0.1) is 18.6 Å². The molecule has 0 saturated heterocycles. The van der Waals surface area contributed by atoms with Crippen LogP contribution in [0.3, 0.4) is 0 Å². The SMILES string of the molecule is CCOc1ccccc1N=c1oc2c(C)ncc(CO)c2cc1C(=O)Nc1ccc(F)c(F)c1. The number of rotatable bonds is 6. The molecule has 0 bridgehead atoms. The fourth-order valence-electron chi connectivity index (χ4n) is 3.37. The summed E-state index contributed by atoms with van der Waals surface area (Å²) in [7, 11) is 0. The molecule has 174 valence electrons. The quantitative estimate of drug-likeness (QED) is 0.427. The van der Waals surface area contributed by atoms with E-state index in [0.29, 0.717) is 40.3 Å². The van der Waals surface area contributed by atoms with Gasteiger partial charge in [0.2, 0.25) is 5.55 Å². The lowest BCUT2D eigenvalue weighted by Gasteiger charge is -2.11. The third-order valence-corrected chi connectivity index (χ3v) is 5.03. The molecule has 2 aromatic carbocycles. The molecule has 0 unspecified atom stereocenters. The summed E-state index contributed by atoms with van der Waals surface area (Å²) in [6.45, 7) is 3.65. The highest BCUT2D eigenvalue weighted by Crippen LogP contribution is 2.27. The van der Waals surface area contributed by atoms with Crippen LogP contribution in [0.15, 0.2) is 64.1 Å². The van der Waals surface area contributed by atoms with E-state index >= 15 is 0 Å². The maximum Gasteiger partial charge on any atom is 0.261 e. The number of benzene rings is 2. The Hall–Kier alpha value is -4.11. The van der Waals surface area contributed by atoms with Crippen LogP contribution in [-0.4, -0.2) is 22.6 Å². The number of aliphatic hydroxyl groups excluding tert-OH is 1. The average Bonchev–Trinajstić information content (AvgIpc) is 2.83. The second-order valence-corrected chi connectivity index (χ2v) is 7.33. The maximum atomic E-state index is 13.7. The Morgan fingerprint density at radius 1 is 1.18 bits per heavy atom. The van der Waals surface area contributed by atoms with Gasteiger partial charge in [-0.3, -0.25) is 9.78 Å². The minimum absolute atomic E-state index is 0.0174. The third-order valence-electron chi connectivity index (χ3n) is 5.03. The van der Waals surface area contributed by atoms with Crippen molar-refractivity contribution >= 4 is 28.3 Å². The number of ether oxygens (including phenoxy) is 1. The molecule has 0 radical (unpaired) electrons. The molecule has 0 saturated carbocycles. The Balaban J connectivity index is 1.93. The topological polar surface area (TPSA) is 97.0 Å². The highest BCUT2D eigenvalue weighted by atomic mass is 19.2. The van der Waals surface area contributed by atoms with Crippen LogP contribution in [0.25, 0.3) is 11.0 Å². The number of nitrogens with zero attached hydrogens (tertiary/aromatic N) is 2. The summed E-state index contributed by atoms with van der Waals surface area (Å²) in [5, 5.41) is 12.8. The highest BCUT2D eigenvalue weighted by Gasteiger charge is 2.17. The van der Waals surface area contributed by atoms with Crippen molar-refractivity contribution in [1.29, 1.82) is 0 Å². The van der Waals surface area contributed by atoms with E-state index in [2.05, 4.69) is 15.3 Å². The van der Waals surface area contributed by atoms with Gasteiger partial charge in [0, 0.05) is 28.9 Å². The first-order valence-corrected chi connectivity index (χ1v) is 10.5. The fraction of sp³-hybridized carbons (Fsp3) is 0.160. The Morgan fingerprint density at radius 3 is 2.71 bits per heavy atom. The summed E-state index contributed by atoms with van der Waals surface area (Å²) in [4.78, 5) is 22.0. The standard InChI is InChI=1S/C25H21F2N3O4/c1-3-33-22-7-5-4-6-21(22)30-25-18(24(32)29-16-8-9-19(26)20(27)10-16)11-17-15(13-31)12-28-14(2)23(17)34-25/h4-12,31H,3,13H2,1-2H3,(H,29,32). The van der Waals surface area contributed by atoms with Crippen molar-refractivity contribution in [3.05, 3.63) is 88.7 Å². The highest BCUT2D eigenvalue weighted by molar-refractivity contribution is 6.05. The number of carbonyl (C=O) groups is 1. The number of pyridine rings is 1. The molecule has 1 amide bonds. The fourth-order valence-corrected chi connectivity index (χ4v) is 3.37. The lowest BCUT2D eigenvalue weighted by Crippen LogP contribution is -2.22. The zero-order valence-corrected chi connectivity index (χ0v) is 18.4. The third kappa shape index (κ3) is 4.65. The first-order valence-electron chi connectivity index (χ1n) is 10.5. The summed E-state index contributed by atoms with van der Waals surface area (Å²) in [6, 6.07) is 11.6. The predicted molar refractivity (Wildman–Crippen MR) is 122 cm³/mol. The normalized spacial score (nSPS) is 11.6. The summed E-state index contributed by atoms with van der Waals surface area (Å²) in [5.41, 5.74) is 1.80. The van der Waals surface area contributed by atoms with Crippen LogP contribution < -0.4 is 15.6 Å². The molecule has 9 heteroatoms. The molecule has 0 aliphatic heterocycles. The number of hydrogen-bond acceptors (Lipinski definition) is 6. The Kier molecular flexibility index (Phi) is 6.65. The van der Waals surface area contributed by atoms with E-state index in [1.807, 2.05) is 6.92 Å². The summed E-state index contributed by atoms with van der Waals surface area (Å²) >= 11 is 0. The van der Waals surface area contributed by atoms with E-state index < -0.39 is 17.5 Å². The van der Waals surface area contributed by atoms with Gasteiger partial charge in [-0.1, -0.05) is 12.1 Å². The van der Waals surface area contributed by atoms with Crippen LogP contribution in [-0.2, 0) is 6.61 Å². The molecule has 34 heavy (non-hydrogen) atoms. The van der Waals surface area contributed by atoms with Gasteiger partial charge >= 0.3 is 0 Å². The average molecular weight is 465 g/mol. The second kappa shape index (κ2) is 9.80. The van der Waals surface area contributed by atoms with Gasteiger partial charge in [0.1, 0.15) is 17.0 Å². The van der Waals surface area contributed by atoms with Crippen molar-refractivity contribution < 1.29 is 27.8 Å². The van der Waals surface area contributed by atoms with Crippen LogP contribution in [0.4, 0.5) is 20.2 Å². The second-order valence-electron chi connectivity index (χ2n) is 7.33. The minimum atomic E-state index is -1.10. The van der Waals surface area contributed by atoms with Crippen LogP contribution in [0.1, 0.15) is 28.5 Å². The molecular weight excluding hydrogens is 444 g/mol. The molecule has 4 rings (SSSR count). The van der Waals surface area contributed by atoms with E-state index in [0.717, 1.165) is 12.1 Å². The zero-order chi connectivity index (χ0) is 24.2. The molecule has 2 aromatic heterocycles. The Labute approximate surface area is 193 Å². The van der Waals surface area contributed by atoms with Gasteiger partial charge in [-0.15, -0.1) is 0 Å². The van der Waals surface area contributed by atoms with Crippen molar-refractivity contribution in [1.82, 2.24) is 4.98 Å². The minimum Gasteiger partial charge on any atom is -0.492 e. The largest absolute Gasteiger partial charge is 0.492 e. The van der Waals surface area contributed by atoms with Gasteiger partial charge in [0.25, 0.3) is 5.91 Å². The summed E-state index contributed by atoms with van der Waals surface area (Å²) in [5.74, 6) is -2.30. The van der Waals surface area contributed by atoms with Gasteiger partial charge < -0.3 is 19.6 Å². The Morgan fingerprint density at radius 2 is 1.97 bits per heavy atom. The summed E-state index contributed by atoms with van der Waals surface area (Å²) < 4.78 is 38.6. The zero-order valence-electron chi connectivity index (χ0n) is 18.4. The van der Waals surface area contributed by atoms with Crippen molar-refractivity contribution in [2.75, 3.05) is 11.9 Å². The number of aromatic nitrogens is 1. The Bertz CT molecular complexity index is 1450. The lowest BCUT2D eigenvalue weighted by atomic mass is 10.1. The van der Waals surface area contributed by atoms with E-state index in [1.165, 1.54) is 18.3 Å². The van der Waals surface area contributed by atoms with Gasteiger partial charge in [-0.25, -0.2) is 13.8 Å². The van der Waals surface area contributed by atoms with Crippen molar-refractivity contribution in [3.63, 3.8) is 0 Å². The number of aryl methyl sites for hydroxylation is 1. The van der Waals surface area contributed by atoms with Gasteiger partial charge in [-0.2, -0.15) is 0 Å². The van der Waals surface area contributed by atoms with Gasteiger partial charge in [0.15, 0.2) is 17.2 Å². The van der Waals surface area contributed by atoms with E-state index in [1.54, 1.807) is 31.2 Å². The van der Waals surface area contributed by atoms with Crippen molar-refractivity contribution in [2.24, 2.45) is 4.99 Å². The number of nitrogens with one attached hydrogen (secondary N) is 1. The molecule has 2 heterocycles. The molecule has 0 aliphatic carbocycles.